The van der Waals surface area contributed by atoms with E-state index in [1.54, 1.807) is 0 Å². The van der Waals surface area contributed by atoms with Crippen molar-refractivity contribution in [3.8, 4) is 0 Å². The van der Waals surface area contributed by atoms with Gasteiger partial charge in [0.25, 0.3) is 0 Å². The zero-order chi connectivity index (χ0) is 20.4. The summed E-state index contributed by atoms with van der Waals surface area (Å²) in [4.78, 5) is 23.9. The second-order valence-corrected chi connectivity index (χ2v) is 8.02. The third-order valence-electron chi connectivity index (χ3n) is 5.84. The van der Waals surface area contributed by atoms with Gasteiger partial charge in [-0.1, -0.05) is 29.8 Å². The van der Waals surface area contributed by atoms with Crippen LogP contribution < -0.4 is 10.6 Å². The fraction of sp³-hybridized carbons (Fsp3) is 0.500. The third kappa shape index (κ3) is 4.34. The molecule has 1 aromatic heterocycles. The van der Waals surface area contributed by atoms with Gasteiger partial charge in [-0.3, -0.25) is 0 Å². The van der Waals surface area contributed by atoms with E-state index in [1.807, 2.05) is 37.1 Å². The third-order valence-corrected chi connectivity index (χ3v) is 5.84. The second kappa shape index (κ2) is 8.37. The molecule has 1 saturated heterocycles. The molecule has 2 aliphatic heterocycles. The first-order chi connectivity index (χ1) is 14.0. The van der Waals surface area contributed by atoms with Crippen LogP contribution in [0.4, 0.5) is 10.7 Å². The Kier molecular flexibility index (Phi) is 5.67. The van der Waals surface area contributed by atoms with Crippen LogP contribution in [0.3, 0.4) is 0 Å². The summed E-state index contributed by atoms with van der Waals surface area (Å²) < 4.78 is 5.40. The van der Waals surface area contributed by atoms with Crippen LogP contribution in [0.1, 0.15) is 61.2 Å². The molecule has 3 heterocycles. The van der Waals surface area contributed by atoms with Gasteiger partial charge in [0.05, 0.1) is 24.3 Å². The zero-order valence-corrected chi connectivity index (χ0v) is 17.3. The number of carbonyl (C=O) groups is 1. The molecule has 2 atom stereocenters. The molecule has 1 unspecified atom stereocenters. The lowest BCUT2D eigenvalue weighted by Crippen LogP contribution is -2.39. The molecule has 2 N–H and O–H groups in total. The van der Waals surface area contributed by atoms with Crippen molar-refractivity contribution in [1.29, 1.82) is 0 Å². The Balaban J connectivity index is 1.41. The van der Waals surface area contributed by atoms with E-state index in [1.165, 1.54) is 5.56 Å². The molecular formula is C22H29N5O2. The molecule has 7 nitrogen and oxygen atoms in total. The van der Waals surface area contributed by atoms with E-state index in [2.05, 4.69) is 34.7 Å². The van der Waals surface area contributed by atoms with Crippen molar-refractivity contribution >= 4 is 12.0 Å². The quantitative estimate of drug-likeness (QED) is 0.825. The molecule has 0 bridgehead atoms. The van der Waals surface area contributed by atoms with Crippen LogP contribution in [0.2, 0.25) is 0 Å². The molecule has 0 spiro atoms. The Labute approximate surface area is 171 Å². The summed E-state index contributed by atoms with van der Waals surface area (Å²) >= 11 is 0. The first kappa shape index (κ1) is 19.6. The number of aromatic nitrogens is 2. The summed E-state index contributed by atoms with van der Waals surface area (Å²) in [6, 6.07) is 8.37. The number of nitrogens with zero attached hydrogens (tertiary/aromatic N) is 3. The van der Waals surface area contributed by atoms with E-state index in [-0.39, 0.29) is 18.1 Å². The van der Waals surface area contributed by atoms with Crippen molar-refractivity contribution in [2.75, 3.05) is 18.5 Å². The SMILES string of the molecule is Cc1cccc([C@@H](C)NC(=O)N2Cc3nc(NC4CCOCC4)ncc3C2C)c1. The van der Waals surface area contributed by atoms with Gasteiger partial charge in [0.2, 0.25) is 5.95 Å². The molecule has 0 saturated carbocycles. The molecule has 2 aliphatic rings. The normalized spacial score (nSPS) is 20.2. The minimum Gasteiger partial charge on any atom is -0.381 e. The number of fused-ring (bicyclic) bond motifs is 1. The van der Waals surface area contributed by atoms with Crippen LogP contribution in [0, 0.1) is 6.92 Å². The fourth-order valence-electron chi connectivity index (χ4n) is 4.00. The Morgan fingerprint density at radius 1 is 1.31 bits per heavy atom. The van der Waals surface area contributed by atoms with Crippen molar-refractivity contribution < 1.29 is 9.53 Å². The lowest BCUT2D eigenvalue weighted by molar-refractivity contribution is 0.0903. The maximum absolute atomic E-state index is 12.9. The number of urea groups is 1. The van der Waals surface area contributed by atoms with Gasteiger partial charge in [-0.05, 0) is 39.2 Å². The lowest BCUT2D eigenvalue weighted by Gasteiger charge is -2.24. The number of hydrogen-bond donors (Lipinski definition) is 2. The van der Waals surface area contributed by atoms with E-state index < -0.39 is 0 Å². The number of benzene rings is 1. The van der Waals surface area contributed by atoms with Gasteiger partial charge in [-0.15, -0.1) is 0 Å². The molecule has 2 amide bonds. The van der Waals surface area contributed by atoms with Gasteiger partial charge in [-0.25, -0.2) is 14.8 Å². The summed E-state index contributed by atoms with van der Waals surface area (Å²) in [5, 5.41) is 6.53. The molecule has 154 valence electrons. The lowest BCUT2D eigenvalue weighted by atomic mass is 10.1. The van der Waals surface area contributed by atoms with Crippen molar-refractivity contribution in [1.82, 2.24) is 20.2 Å². The molecule has 1 fully saturated rings. The Morgan fingerprint density at radius 3 is 2.86 bits per heavy atom. The molecule has 29 heavy (non-hydrogen) atoms. The summed E-state index contributed by atoms with van der Waals surface area (Å²) in [5.74, 6) is 0.637. The standard InChI is InChI=1S/C22H29N5O2/c1-14-5-4-6-17(11-14)15(2)24-22(28)27-13-20-19(16(27)3)12-23-21(26-20)25-18-7-9-29-10-8-18/h4-6,11-12,15-16,18H,7-10,13H2,1-3H3,(H,24,28)(H,23,25,26)/t15-,16?/m1/s1. The average molecular weight is 396 g/mol. The van der Waals surface area contributed by atoms with Crippen molar-refractivity contribution in [3.63, 3.8) is 0 Å². The van der Waals surface area contributed by atoms with Crippen LogP contribution in [-0.2, 0) is 11.3 Å². The minimum absolute atomic E-state index is 0.0492. The predicted octanol–water partition coefficient (Wildman–Crippen LogP) is 3.72. The largest absolute Gasteiger partial charge is 0.381 e. The topological polar surface area (TPSA) is 79.4 Å². The number of hydrogen-bond acceptors (Lipinski definition) is 5. The van der Waals surface area contributed by atoms with Crippen LogP contribution in [0.25, 0.3) is 0 Å². The van der Waals surface area contributed by atoms with Gasteiger partial charge in [0.15, 0.2) is 0 Å². The van der Waals surface area contributed by atoms with Gasteiger partial charge in [-0.2, -0.15) is 0 Å². The molecule has 1 aromatic carbocycles. The van der Waals surface area contributed by atoms with E-state index in [0.29, 0.717) is 18.5 Å². The number of rotatable bonds is 4. The van der Waals surface area contributed by atoms with Gasteiger partial charge >= 0.3 is 6.03 Å². The summed E-state index contributed by atoms with van der Waals surface area (Å²) in [7, 11) is 0. The monoisotopic (exact) mass is 395 g/mol. The van der Waals surface area contributed by atoms with Crippen LogP contribution >= 0.6 is 0 Å². The number of ether oxygens (including phenoxy) is 1. The average Bonchev–Trinajstić information content (AvgIpc) is 3.05. The molecule has 0 aliphatic carbocycles. The summed E-state index contributed by atoms with van der Waals surface area (Å²) in [6.45, 7) is 8.13. The van der Waals surface area contributed by atoms with Crippen LogP contribution in [-0.4, -0.2) is 40.2 Å². The van der Waals surface area contributed by atoms with Gasteiger partial charge in [0.1, 0.15) is 0 Å². The van der Waals surface area contributed by atoms with Crippen molar-refractivity contribution in [2.45, 2.75) is 58.3 Å². The highest BCUT2D eigenvalue weighted by atomic mass is 16.5. The molecule has 7 heteroatoms. The maximum Gasteiger partial charge on any atom is 0.318 e. The highest BCUT2D eigenvalue weighted by molar-refractivity contribution is 5.76. The fourth-order valence-corrected chi connectivity index (χ4v) is 4.00. The first-order valence-corrected chi connectivity index (χ1v) is 10.3. The Hall–Kier alpha value is -2.67. The molecule has 0 radical (unpaired) electrons. The number of anilines is 1. The smallest absolute Gasteiger partial charge is 0.318 e. The molecule has 2 aromatic rings. The van der Waals surface area contributed by atoms with E-state index in [9.17, 15) is 4.79 Å². The Bertz CT molecular complexity index is 881. The Morgan fingerprint density at radius 2 is 2.10 bits per heavy atom. The van der Waals surface area contributed by atoms with Crippen molar-refractivity contribution in [2.24, 2.45) is 0 Å². The van der Waals surface area contributed by atoms with Gasteiger partial charge in [0, 0.05) is 31.0 Å². The van der Waals surface area contributed by atoms with E-state index in [0.717, 1.165) is 42.9 Å². The second-order valence-electron chi connectivity index (χ2n) is 8.02. The van der Waals surface area contributed by atoms with Crippen LogP contribution in [0.15, 0.2) is 30.5 Å². The maximum atomic E-state index is 12.9. The van der Waals surface area contributed by atoms with E-state index >= 15 is 0 Å². The zero-order valence-electron chi connectivity index (χ0n) is 17.3. The molecular weight excluding hydrogens is 366 g/mol. The van der Waals surface area contributed by atoms with Gasteiger partial charge < -0.3 is 20.3 Å². The minimum atomic E-state index is -0.0801. The van der Waals surface area contributed by atoms with E-state index in [4.69, 9.17) is 9.72 Å². The summed E-state index contributed by atoms with van der Waals surface area (Å²) in [5.41, 5.74) is 4.22. The number of carbonyl (C=O) groups excluding carboxylic acids is 1. The highest BCUT2D eigenvalue weighted by Gasteiger charge is 2.33. The van der Waals surface area contributed by atoms with Crippen LogP contribution in [0.5, 0.6) is 0 Å². The first-order valence-electron chi connectivity index (χ1n) is 10.3. The molecule has 4 rings (SSSR count). The predicted molar refractivity (Wildman–Crippen MR) is 112 cm³/mol. The number of aryl methyl sites for hydroxylation is 1. The number of nitrogens with one attached hydrogen (secondary N) is 2. The number of amides is 2. The van der Waals surface area contributed by atoms with Crippen molar-refractivity contribution in [3.05, 3.63) is 52.8 Å². The highest BCUT2D eigenvalue weighted by Crippen LogP contribution is 2.32. The summed E-state index contributed by atoms with van der Waals surface area (Å²) in [6.07, 6.45) is 3.77.